The number of pyridine rings is 1. The summed E-state index contributed by atoms with van der Waals surface area (Å²) in [6.07, 6.45) is -5.05. The van der Waals surface area contributed by atoms with E-state index in [-0.39, 0.29) is 33.3 Å². The Bertz CT molecular complexity index is 1320. The van der Waals surface area contributed by atoms with Crippen LogP contribution < -0.4 is 21.9 Å². The van der Waals surface area contributed by atoms with Gasteiger partial charge in [0.1, 0.15) is 22.7 Å². The Morgan fingerprint density at radius 1 is 1.18 bits per heavy atom. The number of aromatic nitrogens is 3. The lowest BCUT2D eigenvalue weighted by Crippen LogP contribution is -2.60. The number of benzene rings is 1. The van der Waals surface area contributed by atoms with Crippen LogP contribution in [0.2, 0.25) is 5.02 Å². The minimum absolute atomic E-state index is 0.108. The molecule has 0 bridgehead atoms. The molecule has 13 heteroatoms. The molecule has 3 heterocycles. The van der Waals surface area contributed by atoms with Gasteiger partial charge in [-0.05, 0) is 31.3 Å². The molecule has 0 unspecified atom stereocenters. The van der Waals surface area contributed by atoms with Gasteiger partial charge in [-0.25, -0.2) is 9.37 Å². The number of anilines is 3. The van der Waals surface area contributed by atoms with E-state index in [0.29, 0.717) is 19.2 Å². The number of halogens is 5. The summed E-state index contributed by atoms with van der Waals surface area (Å²) in [5.41, 5.74) is 7.39. The Kier molecular flexibility index (Phi) is 6.06. The molecule has 0 saturated carbocycles. The number of fused-ring (bicyclic) bond motifs is 1. The summed E-state index contributed by atoms with van der Waals surface area (Å²) < 4.78 is 56.8. The summed E-state index contributed by atoms with van der Waals surface area (Å²) in [6.45, 7) is 6.92. The molecule has 3 aromatic rings. The molecule has 1 fully saturated rings. The Hall–Kier alpha value is -3.12. The van der Waals surface area contributed by atoms with E-state index in [4.69, 9.17) is 23.1 Å². The van der Waals surface area contributed by atoms with Gasteiger partial charge in [0.25, 0.3) is 5.56 Å². The van der Waals surface area contributed by atoms with Gasteiger partial charge >= 0.3 is 6.18 Å². The normalized spacial score (nSPS) is 14.8. The van der Waals surface area contributed by atoms with Gasteiger partial charge in [0.2, 0.25) is 5.95 Å². The van der Waals surface area contributed by atoms with E-state index in [1.165, 1.54) is 0 Å². The van der Waals surface area contributed by atoms with Gasteiger partial charge in [0.05, 0.1) is 16.1 Å². The zero-order chi connectivity index (χ0) is 24.9. The van der Waals surface area contributed by atoms with Crippen molar-refractivity contribution in [2.24, 2.45) is 0 Å². The van der Waals surface area contributed by atoms with Crippen molar-refractivity contribution in [3.8, 4) is 5.69 Å². The average molecular weight is 500 g/mol. The predicted molar refractivity (Wildman–Crippen MR) is 123 cm³/mol. The molecule has 0 atom stereocenters. The fourth-order valence-electron chi connectivity index (χ4n) is 4.14. The van der Waals surface area contributed by atoms with E-state index in [2.05, 4.69) is 14.9 Å². The minimum Gasteiger partial charge on any atom is -0.397 e. The summed E-state index contributed by atoms with van der Waals surface area (Å²) in [5, 5.41) is -0.783. The van der Waals surface area contributed by atoms with Crippen molar-refractivity contribution >= 4 is 40.0 Å². The van der Waals surface area contributed by atoms with E-state index in [1.54, 1.807) is 4.90 Å². The summed E-state index contributed by atoms with van der Waals surface area (Å²) >= 11 is 5.77. The van der Waals surface area contributed by atoms with Crippen LogP contribution in [0.15, 0.2) is 23.0 Å². The first-order valence-corrected chi connectivity index (χ1v) is 10.9. The van der Waals surface area contributed by atoms with Gasteiger partial charge in [-0.2, -0.15) is 18.2 Å². The molecule has 0 radical (unpaired) electrons. The molecule has 4 N–H and O–H groups in total. The number of alkyl halides is 3. The molecule has 0 amide bonds. The van der Waals surface area contributed by atoms with Crippen molar-refractivity contribution in [3.63, 3.8) is 0 Å². The molecule has 2 aromatic heterocycles. The third-order valence-corrected chi connectivity index (χ3v) is 6.27. The number of hydrogen-bond donors (Lipinski definition) is 2. The molecule has 0 aliphatic carbocycles. The lowest BCUT2D eigenvalue weighted by Gasteiger charge is -2.44. The molecule has 4 rings (SSSR count). The molecule has 1 aliphatic heterocycles. The second-order valence-corrected chi connectivity index (χ2v) is 8.33. The second kappa shape index (κ2) is 8.58. The Morgan fingerprint density at radius 3 is 2.41 bits per heavy atom. The zero-order valence-corrected chi connectivity index (χ0v) is 19.1. The fourth-order valence-corrected chi connectivity index (χ4v) is 4.29. The van der Waals surface area contributed by atoms with Crippen molar-refractivity contribution in [1.29, 1.82) is 0 Å². The van der Waals surface area contributed by atoms with Crippen LogP contribution >= 0.6 is 11.6 Å². The van der Waals surface area contributed by atoms with Gasteiger partial charge in [0.15, 0.2) is 5.82 Å². The van der Waals surface area contributed by atoms with Crippen LogP contribution in [0.25, 0.3) is 16.6 Å². The molecule has 0 spiro atoms. The first-order chi connectivity index (χ1) is 16.0. The van der Waals surface area contributed by atoms with Crippen LogP contribution in [-0.2, 0) is 6.18 Å². The molecule has 34 heavy (non-hydrogen) atoms. The minimum atomic E-state index is -5.05. The lowest BCUT2D eigenvalue weighted by molar-refractivity contribution is -0.142. The molecular weight excluding hydrogens is 478 g/mol. The fraction of sp³-hybridized carbons (Fsp3) is 0.381. The van der Waals surface area contributed by atoms with Crippen LogP contribution in [0, 0.1) is 5.82 Å². The number of nitrogens with two attached hydrogens (primary N) is 2. The van der Waals surface area contributed by atoms with Crippen LogP contribution in [0.5, 0.6) is 0 Å². The highest BCUT2D eigenvalue weighted by molar-refractivity contribution is 6.31. The Labute approximate surface area is 196 Å². The van der Waals surface area contributed by atoms with Crippen molar-refractivity contribution in [3.05, 3.63) is 45.1 Å². The summed E-state index contributed by atoms with van der Waals surface area (Å²) in [6, 6.07) is 3.07. The number of nitrogen functional groups attached to an aromatic ring is 2. The van der Waals surface area contributed by atoms with Crippen LogP contribution in [0.1, 0.15) is 19.5 Å². The van der Waals surface area contributed by atoms with E-state index < -0.39 is 39.6 Å². The van der Waals surface area contributed by atoms with Gasteiger partial charge < -0.3 is 16.4 Å². The Balaban J connectivity index is 1.92. The first-order valence-electron chi connectivity index (χ1n) is 10.5. The third-order valence-electron chi connectivity index (χ3n) is 5.98. The second-order valence-electron chi connectivity index (χ2n) is 7.92. The summed E-state index contributed by atoms with van der Waals surface area (Å²) in [4.78, 5) is 25.7. The smallest absolute Gasteiger partial charge is 0.397 e. The topological polar surface area (TPSA) is 106 Å². The van der Waals surface area contributed by atoms with Gasteiger partial charge in [0, 0.05) is 19.1 Å². The molecule has 1 aromatic carbocycles. The largest absolute Gasteiger partial charge is 0.431 e. The van der Waals surface area contributed by atoms with E-state index >= 15 is 0 Å². The molecule has 8 nitrogen and oxygen atoms in total. The zero-order valence-electron chi connectivity index (χ0n) is 18.3. The average Bonchev–Trinajstić information content (AvgIpc) is 2.74. The van der Waals surface area contributed by atoms with Gasteiger partial charge in [-0.1, -0.05) is 25.4 Å². The van der Waals surface area contributed by atoms with Crippen molar-refractivity contribution in [1.82, 2.24) is 19.4 Å². The third kappa shape index (κ3) is 3.90. The highest BCUT2D eigenvalue weighted by Gasteiger charge is 2.38. The monoisotopic (exact) mass is 499 g/mol. The number of nitrogens with zero attached hydrogens (tertiary/aromatic N) is 5. The Morgan fingerprint density at radius 2 is 1.82 bits per heavy atom. The number of likely N-dealkylation sites (N-methyl/N-ethyl adjacent to an activating group) is 1. The van der Waals surface area contributed by atoms with Crippen molar-refractivity contribution in [2.75, 3.05) is 42.5 Å². The van der Waals surface area contributed by atoms with Crippen LogP contribution in [0.4, 0.5) is 35.0 Å². The maximum atomic E-state index is 14.8. The molecule has 182 valence electrons. The van der Waals surface area contributed by atoms with Gasteiger partial charge in [-0.3, -0.25) is 14.3 Å². The van der Waals surface area contributed by atoms with Crippen molar-refractivity contribution in [2.45, 2.75) is 26.1 Å². The van der Waals surface area contributed by atoms with Crippen LogP contribution in [0.3, 0.4) is 0 Å². The SMILES string of the molecule is CCN(CC)C1CN(c2nc(N)c3cc(C(F)(F)F)n(-c4c(N)ccc(Cl)c4F)c(=O)c3n2)C1. The number of hydrogen-bond acceptors (Lipinski definition) is 7. The maximum absolute atomic E-state index is 14.8. The van der Waals surface area contributed by atoms with E-state index in [1.807, 2.05) is 13.8 Å². The van der Waals surface area contributed by atoms with Crippen molar-refractivity contribution < 1.29 is 17.6 Å². The standard InChI is InChI=1S/C21H22ClF4N7O/c1-3-31(4-2)10-8-32(9-10)20-29-16-11(18(28)30-20)7-14(21(24,25)26)33(19(16)34)17-13(27)6-5-12(22)15(17)23/h5-7,10H,3-4,8-9,27H2,1-2H3,(H2,28,29,30). The maximum Gasteiger partial charge on any atom is 0.431 e. The molecule has 1 saturated heterocycles. The summed E-state index contributed by atoms with van der Waals surface area (Å²) in [5.74, 6) is -1.45. The molecular formula is C21H22ClF4N7O. The number of rotatable bonds is 5. The highest BCUT2D eigenvalue weighted by atomic mass is 35.5. The first kappa shape index (κ1) is 24.0. The van der Waals surface area contributed by atoms with E-state index in [9.17, 15) is 22.4 Å². The van der Waals surface area contributed by atoms with E-state index in [0.717, 1.165) is 25.2 Å². The van der Waals surface area contributed by atoms with Gasteiger partial charge in [-0.15, -0.1) is 0 Å². The van der Waals surface area contributed by atoms with Crippen LogP contribution in [-0.4, -0.2) is 51.7 Å². The quantitative estimate of drug-likeness (QED) is 0.410. The lowest BCUT2D eigenvalue weighted by atomic mass is 10.1. The summed E-state index contributed by atoms with van der Waals surface area (Å²) in [7, 11) is 0. The highest BCUT2D eigenvalue weighted by Crippen LogP contribution is 2.36. The molecule has 1 aliphatic rings. The predicted octanol–water partition coefficient (Wildman–Crippen LogP) is 3.29.